The highest BCUT2D eigenvalue weighted by atomic mass is 16.4. The van der Waals surface area contributed by atoms with Gasteiger partial charge >= 0.3 is 0 Å². The molecule has 0 atom stereocenters. The lowest BCUT2D eigenvalue weighted by atomic mass is 9.68. The van der Waals surface area contributed by atoms with Gasteiger partial charge < -0.3 is 15.8 Å². The number of rotatable bonds is 2. The minimum atomic E-state index is -0.00569. The Labute approximate surface area is 125 Å². The average molecular weight is 289 g/mol. The molecule has 21 heavy (non-hydrogen) atoms. The third-order valence-corrected chi connectivity index (χ3v) is 5.07. The van der Waals surface area contributed by atoms with E-state index in [9.17, 15) is 0 Å². The molecule has 1 aliphatic carbocycles. The highest BCUT2D eigenvalue weighted by Crippen LogP contribution is 2.44. The van der Waals surface area contributed by atoms with Crippen molar-refractivity contribution in [2.24, 2.45) is 16.3 Å². The number of nitrogens with two attached hydrogens (primary N) is 1. The second kappa shape index (κ2) is 5.87. The van der Waals surface area contributed by atoms with Crippen LogP contribution in [0.5, 0.6) is 0 Å². The first-order valence-corrected chi connectivity index (χ1v) is 7.77. The Balaban J connectivity index is 1.64. The summed E-state index contributed by atoms with van der Waals surface area (Å²) >= 11 is 0. The number of oxime groups is 1. The summed E-state index contributed by atoms with van der Waals surface area (Å²) in [6.07, 6.45) is 12.8. The van der Waals surface area contributed by atoms with Gasteiger partial charge in [0.2, 0.25) is 0 Å². The van der Waals surface area contributed by atoms with Crippen molar-refractivity contribution in [3.05, 3.63) is 18.1 Å². The first kappa shape index (κ1) is 14.1. The molecule has 1 saturated carbocycles. The molecule has 0 radical (unpaired) electrons. The molecule has 0 bridgehead atoms. The summed E-state index contributed by atoms with van der Waals surface area (Å²) in [6.45, 7) is 2.11. The normalized spacial score (nSPS) is 22.5. The van der Waals surface area contributed by atoms with Crippen molar-refractivity contribution in [2.45, 2.75) is 44.9 Å². The second-order valence-corrected chi connectivity index (χ2v) is 6.29. The Bertz CT molecular complexity index is 497. The molecule has 1 saturated heterocycles. The van der Waals surface area contributed by atoms with Crippen LogP contribution >= 0.6 is 0 Å². The van der Waals surface area contributed by atoms with Gasteiger partial charge in [-0.1, -0.05) is 24.4 Å². The largest absolute Gasteiger partial charge is 0.409 e. The zero-order valence-corrected chi connectivity index (χ0v) is 12.3. The highest BCUT2D eigenvalue weighted by molar-refractivity contribution is 5.94. The van der Waals surface area contributed by atoms with Gasteiger partial charge in [0.25, 0.3) is 0 Å². The molecule has 1 aromatic heterocycles. The molecule has 0 unspecified atom stereocenters. The molecule has 6 nitrogen and oxygen atoms in total. The van der Waals surface area contributed by atoms with Crippen LogP contribution in [-0.4, -0.2) is 34.1 Å². The van der Waals surface area contributed by atoms with E-state index in [4.69, 9.17) is 10.9 Å². The molecule has 2 heterocycles. The van der Waals surface area contributed by atoms with E-state index in [-0.39, 0.29) is 5.84 Å². The summed E-state index contributed by atoms with van der Waals surface area (Å²) in [7, 11) is 0. The van der Waals surface area contributed by atoms with Crippen molar-refractivity contribution in [2.75, 3.05) is 18.0 Å². The molecule has 3 N–H and O–H groups in total. The van der Waals surface area contributed by atoms with E-state index in [1.165, 1.54) is 44.9 Å². The zero-order chi connectivity index (χ0) is 14.7. The van der Waals surface area contributed by atoms with E-state index in [0.717, 1.165) is 18.9 Å². The molecule has 2 aliphatic rings. The quantitative estimate of drug-likeness (QED) is 0.377. The highest BCUT2D eigenvalue weighted by Gasteiger charge is 2.35. The van der Waals surface area contributed by atoms with Crippen LogP contribution in [0.4, 0.5) is 5.82 Å². The van der Waals surface area contributed by atoms with Crippen LogP contribution in [0.1, 0.15) is 50.6 Å². The lowest BCUT2D eigenvalue weighted by Crippen LogP contribution is -2.41. The Kier molecular flexibility index (Phi) is 3.94. The number of aromatic nitrogens is 2. The summed E-state index contributed by atoms with van der Waals surface area (Å²) < 4.78 is 0. The van der Waals surface area contributed by atoms with E-state index in [1.54, 1.807) is 12.4 Å². The molecule has 6 heteroatoms. The standard InChI is InChI=1S/C15H23N5O/c16-14(19-21)12-10-18-13(11-17-12)20-8-6-15(7-9-20)4-2-1-3-5-15/h10-11,21H,1-9H2,(H2,16,19). The third kappa shape index (κ3) is 2.94. The maximum absolute atomic E-state index is 8.63. The van der Waals surface area contributed by atoms with Crippen LogP contribution < -0.4 is 10.6 Å². The summed E-state index contributed by atoms with van der Waals surface area (Å²) in [5, 5.41) is 11.6. The summed E-state index contributed by atoms with van der Waals surface area (Å²) in [6, 6.07) is 0. The van der Waals surface area contributed by atoms with Gasteiger partial charge in [-0.05, 0) is 31.1 Å². The third-order valence-electron chi connectivity index (χ3n) is 5.07. The predicted molar refractivity (Wildman–Crippen MR) is 81.5 cm³/mol. The van der Waals surface area contributed by atoms with Gasteiger partial charge in [0, 0.05) is 13.1 Å². The summed E-state index contributed by atoms with van der Waals surface area (Å²) in [5.41, 5.74) is 6.50. The predicted octanol–water partition coefficient (Wildman–Crippen LogP) is 2.12. The Morgan fingerprint density at radius 1 is 1.10 bits per heavy atom. The van der Waals surface area contributed by atoms with Crippen LogP contribution in [0.25, 0.3) is 0 Å². The van der Waals surface area contributed by atoms with Gasteiger partial charge in [-0.25, -0.2) is 9.97 Å². The van der Waals surface area contributed by atoms with Crippen LogP contribution in [0, 0.1) is 5.41 Å². The van der Waals surface area contributed by atoms with Gasteiger partial charge in [0.15, 0.2) is 5.84 Å². The lowest BCUT2D eigenvalue weighted by molar-refractivity contribution is 0.144. The fourth-order valence-electron chi connectivity index (χ4n) is 3.68. The van der Waals surface area contributed by atoms with E-state index in [2.05, 4.69) is 20.0 Å². The Hall–Kier alpha value is -1.85. The van der Waals surface area contributed by atoms with E-state index < -0.39 is 0 Å². The number of anilines is 1. The smallest absolute Gasteiger partial charge is 0.190 e. The van der Waals surface area contributed by atoms with Crippen molar-refractivity contribution < 1.29 is 5.21 Å². The van der Waals surface area contributed by atoms with Crippen molar-refractivity contribution in [1.29, 1.82) is 0 Å². The zero-order valence-electron chi connectivity index (χ0n) is 12.3. The Morgan fingerprint density at radius 2 is 1.81 bits per heavy atom. The molecule has 0 aromatic carbocycles. The van der Waals surface area contributed by atoms with E-state index in [0.29, 0.717) is 11.1 Å². The molecule has 2 fully saturated rings. The van der Waals surface area contributed by atoms with E-state index >= 15 is 0 Å². The fraction of sp³-hybridized carbons (Fsp3) is 0.667. The van der Waals surface area contributed by atoms with Crippen molar-refractivity contribution in [3.63, 3.8) is 0 Å². The molecule has 3 rings (SSSR count). The number of hydrogen-bond acceptors (Lipinski definition) is 5. The van der Waals surface area contributed by atoms with Gasteiger partial charge in [-0.2, -0.15) is 0 Å². The number of piperidine rings is 1. The topological polar surface area (TPSA) is 87.6 Å². The van der Waals surface area contributed by atoms with Crippen LogP contribution in [0.15, 0.2) is 17.5 Å². The van der Waals surface area contributed by atoms with Crippen LogP contribution in [0.2, 0.25) is 0 Å². The lowest BCUT2D eigenvalue weighted by Gasteiger charge is -2.44. The molecule has 1 spiro atoms. The van der Waals surface area contributed by atoms with E-state index in [1.807, 2.05) is 0 Å². The summed E-state index contributed by atoms with van der Waals surface area (Å²) in [5.74, 6) is 0.879. The first-order chi connectivity index (χ1) is 10.2. The number of amidine groups is 1. The molecule has 1 aliphatic heterocycles. The van der Waals surface area contributed by atoms with Crippen LogP contribution in [-0.2, 0) is 0 Å². The van der Waals surface area contributed by atoms with Crippen molar-refractivity contribution in [3.8, 4) is 0 Å². The monoisotopic (exact) mass is 289 g/mol. The minimum Gasteiger partial charge on any atom is -0.409 e. The van der Waals surface area contributed by atoms with Gasteiger partial charge in [-0.15, -0.1) is 0 Å². The molecule has 0 amide bonds. The number of hydrogen-bond donors (Lipinski definition) is 2. The molecule has 1 aromatic rings. The van der Waals surface area contributed by atoms with Crippen LogP contribution in [0.3, 0.4) is 0 Å². The maximum Gasteiger partial charge on any atom is 0.190 e. The Morgan fingerprint density at radius 3 is 2.38 bits per heavy atom. The first-order valence-electron chi connectivity index (χ1n) is 7.77. The van der Waals surface area contributed by atoms with Gasteiger partial charge in [0.05, 0.1) is 12.4 Å². The molecule has 114 valence electrons. The maximum atomic E-state index is 8.63. The number of nitrogens with zero attached hydrogens (tertiary/aromatic N) is 4. The van der Waals surface area contributed by atoms with Crippen molar-refractivity contribution in [1.82, 2.24) is 9.97 Å². The minimum absolute atomic E-state index is 0.00569. The SMILES string of the molecule is NC(=NO)c1cnc(N2CCC3(CCCCC3)CC2)cn1. The van der Waals surface area contributed by atoms with Gasteiger partial charge in [-0.3, -0.25) is 0 Å². The fourth-order valence-corrected chi connectivity index (χ4v) is 3.68. The molecular formula is C15H23N5O. The average Bonchev–Trinajstić information content (AvgIpc) is 2.56. The second-order valence-electron chi connectivity index (χ2n) is 6.29. The summed E-state index contributed by atoms with van der Waals surface area (Å²) in [4.78, 5) is 10.9. The van der Waals surface area contributed by atoms with Crippen molar-refractivity contribution >= 4 is 11.7 Å². The molecular weight excluding hydrogens is 266 g/mol. The van der Waals surface area contributed by atoms with Gasteiger partial charge in [0.1, 0.15) is 11.5 Å².